The number of hydrogen-bond donors (Lipinski definition) is 0. The second-order valence-corrected chi connectivity index (χ2v) is 5.70. The summed E-state index contributed by atoms with van der Waals surface area (Å²) >= 11 is 0. The molecule has 0 unspecified atom stereocenters. The SMILES string of the molecule is CON1C=NC2=C(C1)CN(C(=O)OC(C)(C)C)CC2. The number of carbonyl (C=O) groups excluding carboxylic acids is 1. The molecular weight excluding hydrogens is 246 g/mol. The number of ether oxygens (including phenoxy) is 1. The van der Waals surface area contributed by atoms with Crippen LogP contribution >= 0.6 is 0 Å². The van der Waals surface area contributed by atoms with E-state index in [1.54, 1.807) is 23.4 Å². The van der Waals surface area contributed by atoms with E-state index in [1.807, 2.05) is 20.8 Å². The molecule has 0 radical (unpaired) electrons. The van der Waals surface area contributed by atoms with Crippen molar-refractivity contribution in [3.63, 3.8) is 0 Å². The van der Waals surface area contributed by atoms with E-state index in [1.165, 1.54) is 0 Å². The maximum absolute atomic E-state index is 12.0. The summed E-state index contributed by atoms with van der Waals surface area (Å²) in [7, 11) is 1.60. The quantitative estimate of drug-likeness (QED) is 0.727. The van der Waals surface area contributed by atoms with E-state index in [2.05, 4.69) is 4.99 Å². The van der Waals surface area contributed by atoms with Crippen molar-refractivity contribution in [2.75, 3.05) is 26.7 Å². The lowest BCUT2D eigenvalue weighted by atomic mass is 10.1. The van der Waals surface area contributed by atoms with Gasteiger partial charge in [-0.15, -0.1) is 0 Å². The van der Waals surface area contributed by atoms with Gasteiger partial charge < -0.3 is 9.64 Å². The van der Waals surface area contributed by atoms with Crippen molar-refractivity contribution < 1.29 is 14.4 Å². The van der Waals surface area contributed by atoms with Gasteiger partial charge in [0.1, 0.15) is 11.9 Å². The minimum atomic E-state index is -0.463. The predicted molar refractivity (Wildman–Crippen MR) is 71.7 cm³/mol. The highest BCUT2D eigenvalue weighted by Crippen LogP contribution is 2.23. The molecule has 0 spiro atoms. The molecule has 0 aromatic rings. The molecule has 2 aliphatic rings. The standard InChI is InChI=1S/C13H21N3O3/c1-13(2,3)19-12(17)15-6-5-11-10(7-15)8-16(18-4)9-14-11/h9H,5-8H2,1-4H3. The largest absolute Gasteiger partial charge is 0.444 e. The Hall–Kier alpha value is -1.56. The monoisotopic (exact) mass is 267 g/mol. The third kappa shape index (κ3) is 3.47. The van der Waals surface area contributed by atoms with Crippen LogP contribution in [0.1, 0.15) is 27.2 Å². The first-order valence-electron chi connectivity index (χ1n) is 6.43. The van der Waals surface area contributed by atoms with E-state index >= 15 is 0 Å². The van der Waals surface area contributed by atoms with Gasteiger partial charge in [-0.05, 0) is 26.3 Å². The van der Waals surface area contributed by atoms with Gasteiger partial charge in [0.05, 0.1) is 13.7 Å². The summed E-state index contributed by atoms with van der Waals surface area (Å²) in [4.78, 5) is 23.2. The van der Waals surface area contributed by atoms with E-state index in [4.69, 9.17) is 9.57 Å². The van der Waals surface area contributed by atoms with Crippen molar-refractivity contribution >= 4 is 12.4 Å². The van der Waals surface area contributed by atoms with E-state index < -0.39 is 5.60 Å². The van der Waals surface area contributed by atoms with Crippen molar-refractivity contribution in [2.24, 2.45) is 4.99 Å². The van der Waals surface area contributed by atoms with Crippen LogP contribution in [0.4, 0.5) is 4.79 Å². The molecule has 0 saturated carbocycles. The summed E-state index contributed by atoms with van der Waals surface area (Å²) < 4.78 is 5.39. The van der Waals surface area contributed by atoms with Crippen LogP contribution in [-0.2, 0) is 9.57 Å². The third-order valence-electron chi connectivity index (χ3n) is 2.98. The Morgan fingerprint density at radius 1 is 1.37 bits per heavy atom. The first-order valence-corrected chi connectivity index (χ1v) is 6.43. The highest BCUT2D eigenvalue weighted by molar-refractivity contribution is 5.69. The Kier molecular flexibility index (Phi) is 3.80. The number of carbonyl (C=O) groups is 1. The maximum Gasteiger partial charge on any atom is 0.410 e. The molecular formula is C13H21N3O3. The zero-order valence-electron chi connectivity index (χ0n) is 12.0. The summed E-state index contributed by atoms with van der Waals surface area (Å²) in [6.45, 7) is 7.47. The number of rotatable bonds is 1. The van der Waals surface area contributed by atoms with Crippen molar-refractivity contribution in [2.45, 2.75) is 32.8 Å². The van der Waals surface area contributed by atoms with Gasteiger partial charge in [0, 0.05) is 25.2 Å². The molecule has 6 nitrogen and oxygen atoms in total. The van der Waals surface area contributed by atoms with Crippen LogP contribution in [0.2, 0.25) is 0 Å². The zero-order chi connectivity index (χ0) is 14.0. The molecule has 6 heteroatoms. The highest BCUT2D eigenvalue weighted by Gasteiger charge is 2.28. The molecule has 2 heterocycles. The Bertz CT molecular complexity index is 423. The number of amides is 1. The predicted octanol–water partition coefficient (Wildman–Crippen LogP) is 1.79. The number of aliphatic imine (C=N–C) groups is 1. The summed E-state index contributed by atoms with van der Waals surface area (Å²) in [5.74, 6) is 0. The smallest absolute Gasteiger partial charge is 0.410 e. The average Bonchev–Trinajstić information content (AvgIpc) is 2.35. The topological polar surface area (TPSA) is 54.4 Å². The molecule has 0 fully saturated rings. The van der Waals surface area contributed by atoms with Crippen LogP contribution in [0.15, 0.2) is 16.3 Å². The molecule has 0 aromatic heterocycles. The molecule has 1 amide bonds. The van der Waals surface area contributed by atoms with Crippen molar-refractivity contribution in [1.82, 2.24) is 9.96 Å². The van der Waals surface area contributed by atoms with Gasteiger partial charge in [0.25, 0.3) is 0 Å². The van der Waals surface area contributed by atoms with Crippen LogP contribution in [0, 0.1) is 0 Å². The number of hydrogen-bond acceptors (Lipinski definition) is 5. The van der Waals surface area contributed by atoms with Crippen molar-refractivity contribution in [3.8, 4) is 0 Å². The third-order valence-corrected chi connectivity index (χ3v) is 2.98. The van der Waals surface area contributed by atoms with E-state index in [0.29, 0.717) is 19.6 Å². The Balaban J connectivity index is 2.01. The second kappa shape index (κ2) is 5.21. The Labute approximate surface area is 113 Å². The van der Waals surface area contributed by atoms with Crippen LogP contribution in [0.3, 0.4) is 0 Å². The van der Waals surface area contributed by atoms with Crippen LogP contribution in [0.25, 0.3) is 0 Å². The van der Waals surface area contributed by atoms with Gasteiger partial charge in [0.15, 0.2) is 0 Å². The minimum Gasteiger partial charge on any atom is -0.444 e. The first-order chi connectivity index (χ1) is 8.89. The summed E-state index contributed by atoms with van der Waals surface area (Å²) in [6.07, 6.45) is 2.18. The Morgan fingerprint density at radius 3 is 2.74 bits per heavy atom. The fourth-order valence-corrected chi connectivity index (χ4v) is 2.07. The van der Waals surface area contributed by atoms with Crippen LogP contribution in [-0.4, -0.2) is 54.7 Å². The summed E-state index contributed by atoms with van der Waals surface area (Å²) in [6, 6.07) is 0. The molecule has 2 aliphatic heterocycles. The fraction of sp³-hybridized carbons (Fsp3) is 0.692. The van der Waals surface area contributed by atoms with Gasteiger partial charge in [-0.3, -0.25) is 4.84 Å². The first kappa shape index (κ1) is 13.9. The van der Waals surface area contributed by atoms with E-state index in [9.17, 15) is 4.79 Å². The molecule has 0 aromatic carbocycles. The molecule has 0 aliphatic carbocycles. The average molecular weight is 267 g/mol. The van der Waals surface area contributed by atoms with Gasteiger partial charge in [0.2, 0.25) is 0 Å². The van der Waals surface area contributed by atoms with Gasteiger partial charge in [-0.2, -0.15) is 0 Å². The van der Waals surface area contributed by atoms with E-state index in [0.717, 1.165) is 17.7 Å². The second-order valence-electron chi connectivity index (χ2n) is 5.70. The summed E-state index contributed by atoms with van der Waals surface area (Å²) in [5.41, 5.74) is 1.71. The van der Waals surface area contributed by atoms with E-state index in [-0.39, 0.29) is 6.09 Å². The molecule has 106 valence electrons. The molecule has 19 heavy (non-hydrogen) atoms. The Morgan fingerprint density at radius 2 is 2.11 bits per heavy atom. The van der Waals surface area contributed by atoms with Gasteiger partial charge >= 0.3 is 6.09 Å². The molecule has 0 bridgehead atoms. The van der Waals surface area contributed by atoms with Crippen LogP contribution < -0.4 is 0 Å². The maximum atomic E-state index is 12.0. The number of nitrogens with zero attached hydrogens (tertiary/aromatic N) is 3. The molecule has 0 atom stereocenters. The number of hydroxylamine groups is 2. The highest BCUT2D eigenvalue weighted by atomic mass is 16.7. The molecule has 0 N–H and O–H groups in total. The van der Waals surface area contributed by atoms with Crippen LogP contribution in [0.5, 0.6) is 0 Å². The van der Waals surface area contributed by atoms with Gasteiger partial charge in [-0.25, -0.2) is 14.9 Å². The minimum absolute atomic E-state index is 0.266. The van der Waals surface area contributed by atoms with Crippen molar-refractivity contribution in [3.05, 3.63) is 11.3 Å². The molecule has 2 rings (SSSR count). The fourth-order valence-electron chi connectivity index (χ4n) is 2.07. The van der Waals surface area contributed by atoms with Crippen molar-refractivity contribution in [1.29, 1.82) is 0 Å². The van der Waals surface area contributed by atoms with Gasteiger partial charge in [-0.1, -0.05) is 0 Å². The molecule has 0 saturated heterocycles. The lowest BCUT2D eigenvalue weighted by molar-refractivity contribution is -0.0552. The zero-order valence-corrected chi connectivity index (χ0v) is 12.0. The lowest BCUT2D eigenvalue weighted by Crippen LogP contribution is -2.43. The lowest BCUT2D eigenvalue weighted by Gasteiger charge is -2.34. The summed E-state index contributed by atoms with van der Waals surface area (Å²) in [5, 5.41) is 1.65. The normalized spacial score (nSPS) is 19.6.